The maximum Gasteiger partial charge on any atom is 0.188 e. The van der Waals surface area contributed by atoms with Crippen molar-refractivity contribution in [1.82, 2.24) is 5.32 Å². The minimum Gasteiger partial charge on any atom is -0.370 e. The molecule has 0 aliphatic heterocycles. The fourth-order valence-corrected chi connectivity index (χ4v) is 3.17. The zero-order valence-electron chi connectivity index (χ0n) is 11.0. The van der Waals surface area contributed by atoms with Crippen LogP contribution in [0, 0.1) is 5.92 Å². The van der Waals surface area contributed by atoms with E-state index in [1.807, 2.05) is 0 Å². The van der Waals surface area contributed by atoms with Crippen LogP contribution in [-0.4, -0.2) is 18.5 Å². The summed E-state index contributed by atoms with van der Waals surface area (Å²) in [6, 6.07) is 0.582. The van der Waals surface area contributed by atoms with Gasteiger partial charge in [-0.1, -0.05) is 44.9 Å². The molecule has 0 bridgehead atoms. The van der Waals surface area contributed by atoms with Gasteiger partial charge in [-0.15, -0.1) is 0 Å². The van der Waals surface area contributed by atoms with Gasteiger partial charge in [0.15, 0.2) is 5.96 Å². The highest BCUT2D eigenvalue weighted by Gasteiger charge is 2.15. The quantitative estimate of drug-likeness (QED) is 0.583. The van der Waals surface area contributed by atoms with Crippen LogP contribution in [-0.2, 0) is 0 Å². The number of nitrogens with one attached hydrogen (secondary N) is 1. The number of hydrogen-bond donors (Lipinski definition) is 2. The van der Waals surface area contributed by atoms with Crippen molar-refractivity contribution >= 4 is 5.96 Å². The Morgan fingerprint density at radius 2 is 1.65 bits per heavy atom. The predicted octanol–water partition coefficient (Wildman–Crippen LogP) is 2.80. The van der Waals surface area contributed by atoms with E-state index in [2.05, 4.69) is 10.3 Å². The molecular formula is C14H27N3. The number of aliphatic imine (C=N–C) groups is 1. The maximum absolute atomic E-state index is 5.93. The second-order valence-corrected chi connectivity index (χ2v) is 5.69. The third-order valence-electron chi connectivity index (χ3n) is 4.25. The molecule has 0 saturated heterocycles. The summed E-state index contributed by atoms with van der Waals surface area (Å²) in [7, 11) is 0. The van der Waals surface area contributed by atoms with Gasteiger partial charge in [0.05, 0.1) is 0 Å². The average molecular weight is 237 g/mol. The monoisotopic (exact) mass is 237 g/mol. The lowest BCUT2D eigenvalue weighted by atomic mass is 9.96. The van der Waals surface area contributed by atoms with Crippen molar-refractivity contribution in [3.05, 3.63) is 0 Å². The van der Waals surface area contributed by atoms with E-state index in [1.165, 1.54) is 64.2 Å². The van der Waals surface area contributed by atoms with E-state index < -0.39 is 0 Å². The SMILES string of the molecule is NC(=NCCC1CCCC1)NC1CCCCC1. The Balaban J connectivity index is 1.61. The summed E-state index contributed by atoms with van der Waals surface area (Å²) < 4.78 is 0. The molecular weight excluding hydrogens is 210 g/mol. The van der Waals surface area contributed by atoms with Gasteiger partial charge in [0.1, 0.15) is 0 Å². The molecule has 3 N–H and O–H groups in total. The molecule has 17 heavy (non-hydrogen) atoms. The summed E-state index contributed by atoms with van der Waals surface area (Å²) in [6.45, 7) is 0.913. The van der Waals surface area contributed by atoms with Crippen LogP contribution in [0.2, 0.25) is 0 Å². The van der Waals surface area contributed by atoms with Crippen LogP contribution in [0.1, 0.15) is 64.2 Å². The van der Waals surface area contributed by atoms with Crippen LogP contribution in [0.4, 0.5) is 0 Å². The van der Waals surface area contributed by atoms with Crippen LogP contribution in [0.5, 0.6) is 0 Å². The minimum atomic E-state index is 0.582. The highest BCUT2D eigenvalue weighted by molar-refractivity contribution is 5.78. The largest absolute Gasteiger partial charge is 0.370 e. The Bertz CT molecular complexity index is 238. The highest BCUT2D eigenvalue weighted by atomic mass is 15.1. The van der Waals surface area contributed by atoms with Crippen LogP contribution < -0.4 is 11.1 Å². The molecule has 2 aliphatic rings. The van der Waals surface area contributed by atoms with Gasteiger partial charge in [0.2, 0.25) is 0 Å². The predicted molar refractivity (Wildman–Crippen MR) is 73.1 cm³/mol. The van der Waals surface area contributed by atoms with Gasteiger partial charge < -0.3 is 11.1 Å². The number of hydrogen-bond acceptors (Lipinski definition) is 1. The first kappa shape index (κ1) is 12.7. The minimum absolute atomic E-state index is 0.582. The second kappa shape index (κ2) is 6.87. The number of rotatable bonds is 4. The van der Waals surface area contributed by atoms with Gasteiger partial charge in [-0.25, -0.2) is 0 Å². The van der Waals surface area contributed by atoms with Crippen molar-refractivity contribution in [2.75, 3.05) is 6.54 Å². The first-order chi connectivity index (χ1) is 8.34. The fourth-order valence-electron chi connectivity index (χ4n) is 3.17. The second-order valence-electron chi connectivity index (χ2n) is 5.69. The average Bonchev–Trinajstić information content (AvgIpc) is 2.83. The summed E-state index contributed by atoms with van der Waals surface area (Å²) in [4.78, 5) is 4.47. The lowest BCUT2D eigenvalue weighted by Gasteiger charge is -2.23. The van der Waals surface area contributed by atoms with Crippen molar-refractivity contribution in [3.63, 3.8) is 0 Å². The van der Waals surface area contributed by atoms with Gasteiger partial charge in [0, 0.05) is 12.6 Å². The molecule has 0 heterocycles. The molecule has 3 heteroatoms. The normalized spacial score (nSPS) is 24.1. The molecule has 0 spiro atoms. The van der Waals surface area contributed by atoms with Crippen LogP contribution in [0.3, 0.4) is 0 Å². The summed E-state index contributed by atoms with van der Waals surface area (Å²) in [5.74, 6) is 1.59. The van der Waals surface area contributed by atoms with Gasteiger partial charge in [-0.3, -0.25) is 4.99 Å². The van der Waals surface area contributed by atoms with Crippen LogP contribution in [0.15, 0.2) is 4.99 Å². The van der Waals surface area contributed by atoms with E-state index in [9.17, 15) is 0 Å². The first-order valence-electron chi connectivity index (χ1n) is 7.41. The number of nitrogens with two attached hydrogens (primary N) is 1. The lowest BCUT2D eigenvalue weighted by molar-refractivity contribution is 0.412. The van der Waals surface area contributed by atoms with Gasteiger partial charge in [-0.05, 0) is 25.2 Å². The van der Waals surface area contributed by atoms with E-state index in [0.717, 1.165) is 12.5 Å². The smallest absolute Gasteiger partial charge is 0.188 e. The molecule has 2 fully saturated rings. The molecule has 0 aromatic heterocycles. The van der Waals surface area contributed by atoms with Crippen molar-refractivity contribution in [3.8, 4) is 0 Å². The molecule has 2 aliphatic carbocycles. The third kappa shape index (κ3) is 4.57. The van der Waals surface area contributed by atoms with Crippen LogP contribution in [0.25, 0.3) is 0 Å². The van der Waals surface area contributed by atoms with E-state index in [0.29, 0.717) is 12.0 Å². The molecule has 2 saturated carbocycles. The van der Waals surface area contributed by atoms with Crippen molar-refractivity contribution in [2.45, 2.75) is 70.3 Å². The molecule has 3 nitrogen and oxygen atoms in total. The molecule has 0 atom stereocenters. The van der Waals surface area contributed by atoms with Crippen molar-refractivity contribution in [1.29, 1.82) is 0 Å². The first-order valence-corrected chi connectivity index (χ1v) is 7.41. The van der Waals surface area contributed by atoms with Crippen LogP contribution >= 0.6 is 0 Å². The Morgan fingerprint density at radius 1 is 1.00 bits per heavy atom. The van der Waals surface area contributed by atoms with Gasteiger partial charge >= 0.3 is 0 Å². The number of nitrogens with zero attached hydrogens (tertiary/aromatic N) is 1. The Hall–Kier alpha value is -0.730. The standard InChI is InChI=1S/C14H27N3/c15-14(17-13-8-2-1-3-9-13)16-11-10-12-6-4-5-7-12/h12-13H,1-11H2,(H3,15,16,17). The van der Waals surface area contributed by atoms with E-state index in [4.69, 9.17) is 5.73 Å². The van der Waals surface area contributed by atoms with Gasteiger partial charge in [-0.2, -0.15) is 0 Å². The molecule has 98 valence electrons. The van der Waals surface area contributed by atoms with Crippen molar-refractivity contribution in [2.24, 2.45) is 16.6 Å². The maximum atomic E-state index is 5.93. The molecule has 0 aromatic carbocycles. The van der Waals surface area contributed by atoms with Gasteiger partial charge in [0.25, 0.3) is 0 Å². The summed E-state index contributed by atoms with van der Waals surface area (Å²) in [5, 5.41) is 3.37. The summed E-state index contributed by atoms with van der Waals surface area (Å²) >= 11 is 0. The van der Waals surface area contributed by atoms with Crippen molar-refractivity contribution < 1.29 is 0 Å². The third-order valence-corrected chi connectivity index (χ3v) is 4.25. The van der Waals surface area contributed by atoms with E-state index in [1.54, 1.807) is 0 Å². The lowest BCUT2D eigenvalue weighted by Crippen LogP contribution is -2.41. The Labute approximate surface area is 105 Å². The topological polar surface area (TPSA) is 50.4 Å². The Kier molecular flexibility index (Phi) is 5.14. The highest BCUT2D eigenvalue weighted by Crippen LogP contribution is 2.27. The fraction of sp³-hybridized carbons (Fsp3) is 0.929. The molecule has 0 unspecified atom stereocenters. The molecule has 2 rings (SSSR count). The van der Waals surface area contributed by atoms with E-state index in [-0.39, 0.29) is 0 Å². The zero-order valence-corrected chi connectivity index (χ0v) is 11.0. The summed E-state index contributed by atoms with van der Waals surface area (Å²) in [6.07, 6.45) is 13.5. The summed E-state index contributed by atoms with van der Waals surface area (Å²) in [5.41, 5.74) is 5.93. The molecule has 0 amide bonds. The molecule has 0 radical (unpaired) electrons. The zero-order chi connectivity index (χ0) is 11.9. The molecule has 0 aromatic rings. The Morgan fingerprint density at radius 3 is 2.35 bits per heavy atom. The number of guanidine groups is 1. The van der Waals surface area contributed by atoms with E-state index >= 15 is 0 Å².